The van der Waals surface area contributed by atoms with Gasteiger partial charge in [-0.25, -0.2) is 9.50 Å². The predicted octanol–water partition coefficient (Wildman–Crippen LogP) is 3.06. The maximum atomic E-state index is 5.27. The second-order valence-corrected chi connectivity index (χ2v) is 5.39. The molecule has 4 heterocycles. The second kappa shape index (κ2) is 5.02. The van der Waals surface area contributed by atoms with Crippen LogP contribution in [0.15, 0.2) is 53.5 Å². The first-order valence-corrected chi connectivity index (χ1v) is 7.23. The minimum absolute atomic E-state index is 0.610. The van der Waals surface area contributed by atoms with Crippen LogP contribution >= 0.6 is 11.3 Å². The predicted molar refractivity (Wildman–Crippen MR) is 80.1 cm³/mol. The summed E-state index contributed by atoms with van der Waals surface area (Å²) in [6.45, 7) is 0.610. The standard InChI is InChI=1S/C14H11N5OS/c1-3-10(7-15-5-1)12-9-19-14(17-12)21-13(18-19)16-8-11-4-2-6-20-11/h1-7,9H,8H2,(H,16,18). The van der Waals surface area contributed by atoms with E-state index in [1.807, 2.05) is 30.5 Å². The molecular formula is C14H11N5OS. The Morgan fingerprint density at radius 3 is 3.05 bits per heavy atom. The van der Waals surface area contributed by atoms with Crippen molar-refractivity contribution < 1.29 is 4.42 Å². The molecule has 4 rings (SSSR count). The van der Waals surface area contributed by atoms with Gasteiger partial charge < -0.3 is 9.73 Å². The molecule has 0 bridgehead atoms. The number of nitrogens with zero attached hydrogens (tertiary/aromatic N) is 4. The first kappa shape index (κ1) is 12.1. The van der Waals surface area contributed by atoms with Crippen molar-refractivity contribution in [2.24, 2.45) is 0 Å². The number of anilines is 1. The lowest BCUT2D eigenvalue weighted by atomic mass is 10.2. The lowest BCUT2D eigenvalue weighted by Crippen LogP contribution is -1.98. The van der Waals surface area contributed by atoms with Crippen molar-refractivity contribution in [1.29, 1.82) is 0 Å². The van der Waals surface area contributed by atoms with Crippen molar-refractivity contribution in [2.45, 2.75) is 6.54 Å². The minimum atomic E-state index is 0.610. The lowest BCUT2D eigenvalue weighted by molar-refractivity contribution is 0.518. The third-order valence-electron chi connectivity index (χ3n) is 2.99. The molecule has 0 amide bonds. The van der Waals surface area contributed by atoms with Crippen molar-refractivity contribution in [3.05, 3.63) is 54.9 Å². The maximum Gasteiger partial charge on any atom is 0.214 e. The van der Waals surface area contributed by atoms with Crippen LogP contribution in [0.1, 0.15) is 5.76 Å². The molecule has 0 aliphatic carbocycles. The Bertz CT molecular complexity index is 819. The molecule has 1 N–H and O–H groups in total. The molecule has 104 valence electrons. The van der Waals surface area contributed by atoms with Crippen LogP contribution in [-0.2, 0) is 6.54 Å². The fraction of sp³-hybridized carbons (Fsp3) is 0.0714. The molecule has 4 aromatic rings. The number of fused-ring (bicyclic) bond motifs is 1. The van der Waals surface area contributed by atoms with Gasteiger partial charge in [0.15, 0.2) is 0 Å². The number of furan rings is 1. The summed E-state index contributed by atoms with van der Waals surface area (Å²) in [6.07, 6.45) is 7.10. The van der Waals surface area contributed by atoms with Crippen LogP contribution in [0.3, 0.4) is 0 Å². The van der Waals surface area contributed by atoms with E-state index in [0.29, 0.717) is 6.54 Å². The highest BCUT2D eigenvalue weighted by Gasteiger charge is 2.09. The minimum Gasteiger partial charge on any atom is -0.467 e. The smallest absolute Gasteiger partial charge is 0.214 e. The fourth-order valence-electron chi connectivity index (χ4n) is 2.00. The quantitative estimate of drug-likeness (QED) is 0.627. The number of hydrogen-bond acceptors (Lipinski definition) is 6. The molecule has 21 heavy (non-hydrogen) atoms. The van der Waals surface area contributed by atoms with E-state index in [4.69, 9.17) is 4.42 Å². The van der Waals surface area contributed by atoms with Crippen LogP contribution in [-0.4, -0.2) is 19.6 Å². The highest BCUT2D eigenvalue weighted by Crippen LogP contribution is 2.24. The highest BCUT2D eigenvalue weighted by atomic mass is 32.1. The molecule has 6 nitrogen and oxygen atoms in total. The van der Waals surface area contributed by atoms with Crippen molar-refractivity contribution in [2.75, 3.05) is 5.32 Å². The van der Waals surface area contributed by atoms with Gasteiger partial charge in [0, 0.05) is 18.0 Å². The summed E-state index contributed by atoms with van der Waals surface area (Å²) in [5, 5.41) is 8.49. The zero-order valence-electron chi connectivity index (χ0n) is 10.9. The molecule has 0 aliphatic heterocycles. The average molecular weight is 297 g/mol. The number of imidazole rings is 1. The Balaban J connectivity index is 1.56. The van der Waals surface area contributed by atoms with Crippen molar-refractivity contribution in [1.82, 2.24) is 19.6 Å². The number of nitrogens with one attached hydrogen (secondary N) is 1. The third-order valence-corrected chi connectivity index (χ3v) is 3.87. The summed E-state index contributed by atoms with van der Waals surface area (Å²) in [4.78, 5) is 9.51. The number of rotatable bonds is 4. The van der Waals surface area contributed by atoms with Crippen molar-refractivity contribution in [3.63, 3.8) is 0 Å². The number of aromatic nitrogens is 4. The Kier molecular flexibility index (Phi) is 2.89. The van der Waals surface area contributed by atoms with E-state index in [1.165, 1.54) is 11.3 Å². The molecule has 0 aromatic carbocycles. The Morgan fingerprint density at radius 2 is 2.29 bits per heavy atom. The zero-order chi connectivity index (χ0) is 14.1. The Labute approximate surface area is 124 Å². The molecular weight excluding hydrogens is 286 g/mol. The lowest BCUT2D eigenvalue weighted by Gasteiger charge is -1.97. The summed E-state index contributed by atoms with van der Waals surface area (Å²) < 4.78 is 7.05. The van der Waals surface area contributed by atoms with Gasteiger partial charge in [0.25, 0.3) is 0 Å². The van der Waals surface area contributed by atoms with E-state index < -0.39 is 0 Å². The van der Waals surface area contributed by atoms with Gasteiger partial charge in [-0.2, -0.15) is 0 Å². The summed E-state index contributed by atoms with van der Waals surface area (Å²) in [5.41, 5.74) is 1.86. The molecule has 7 heteroatoms. The van der Waals surface area contributed by atoms with Gasteiger partial charge in [-0.1, -0.05) is 11.3 Å². The summed E-state index contributed by atoms with van der Waals surface area (Å²) in [7, 11) is 0. The monoisotopic (exact) mass is 297 g/mol. The molecule has 4 aromatic heterocycles. The third kappa shape index (κ3) is 2.38. The van der Waals surface area contributed by atoms with Gasteiger partial charge in [-0.3, -0.25) is 4.98 Å². The van der Waals surface area contributed by atoms with Gasteiger partial charge in [0.05, 0.1) is 24.7 Å². The first-order valence-electron chi connectivity index (χ1n) is 6.41. The van der Waals surface area contributed by atoms with Crippen LogP contribution in [0.4, 0.5) is 5.13 Å². The molecule has 0 spiro atoms. The Morgan fingerprint density at radius 1 is 1.29 bits per heavy atom. The zero-order valence-corrected chi connectivity index (χ0v) is 11.7. The van der Waals surface area contributed by atoms with Crippen LogP contribution in [0.25, 0.3) is 16.2 Å². The largest absolute Gasteiger partial charge is 0.467 e. The molecule has 0 fully saturated rings. The maximum absolute atomic E-state index is 5.27. The van der Waals surface area contributed by atoms with E-state index >= 15 is 0 Å². The SMILES string of the molecule is c1cncc(-c2cn3nc(NCc4ccco4)sc3n2)c1. The van der Waals surface area contributed by atoms with Crippen LogP contribution in [0.5, 0.6) is 0 Å². The highest BCUT2D eigenvalue weighted by molar-refractivity contribution is 7.20. The number of hydrogen-bond donors (Lipinski definition) is 1. The van der Waals surface area contributed by atoms with Crippen LogP contribution in [0, 0.1) is 0 Å². The van der Waals surface area contributed by atoms with E-state index in [9.17, 15) is 0 Å². The van der Waals surface area contributed by atoms with Crippen molar-refractivity contribution >= 4 is 21.4 Å². The van der Waals surface area contributed by atoms with Gasteiger partial charge in [-0.15, -0.1) is 5.10 Å². The molecule has 0 unspecified atom stereocenters. The van der Waals surface area contributed by atoms with Gasteiger partial charge in [0.1, 0.15) is 5.76 Å². The van der Waals surface area contributed by atoms with Gasteiger partial charge in [-0.05, 0) is 24.3 Å². The van der Waals surface area contributed by atoms with E-state index in [2.05, 4.69) is 20.4 Å². The summed E-state index contributed by atoms with van der Waals surface area (Å²) in [5.74, 6) is 0.874. The molecule has 0 saturated carbocycles. The molecule has 0 radical (unpaired) electrons. The van der Waals surface area contributed by atoms with E-state index in [-0.39, 0.29) is 0 Å². The topological polar surface area (TPSA) is 68.2 Å². The van der Waals surface area contributed by atoms with Crippen LogP contribution in [0.2, 0.25) is 0 Å². The van der Waals surface area contributed by atoms with Gasteiger partial charge in [0.2, 0.25) is 10.1 Å². The Hall–Kier alpha value is -2.67. The van der Waals surface area contributed by atoms with E-state index in [0.717, 1.165) is 27.1 Å². The molecule has 0 atom stereocenters. The van der Waals surface area contributed by atoms with Crippen molar-refractivity contribution in [3.8, 4) is 11.3 Å². The molecule has 0 aliphatic rings. The summed E-state index contributed by atoms with van der Waals surface area (Å²) >= 11 is 1.50. The van der Waals surface area contributed by atoms with Crippen LogP contribution < -0.4 is 5.32 Å². The summed E-state index contributed by atoms with van der Waals surface area (Å²) in [6, 6.07) is 7.67. The molecule has 0 saturated heterocycles. The second-order valence-electron chi connectivity index (χ2n) is 4.44. The normalized spacial score (nSPS) is 11.0. The number of pyridine rings is 1. The fourth-order valence-corrected chi connectivity index (χ4v) is 2.78. The first-order chi connectivity index (χ1) is 10.4. The average Bonchev–Trinajstić information content (AvgIpc) is 3.22. The van der Waals surface area contributed by atoms with Gasteiger partial charge >= 0.3 is 0 Å². The van der Waals surface area contributed by atoms with E-state index in [1.54, 1.807) is 23.2 Å².